The fraction of sp³-hybridized carbons (Fsp3) is 0.440. The monoisotopic (exact) mass is 439 g/mol. The highest BCUT2D eigenvalue weighted by molar-refractivity contribution is 5.86. The third-order valence-electron chi connectivity index (χ3n) is 5.51. The summed E-state index contributed by atoms with van der Waals surface area (Å²) in [4.78, 5) is 31.8. The van der Waals surface area contributed by atoms with Gasteiger partial charge < -0.3 is 19.6 Å². The quantitative estimate of drug-likeness (QED) is 0.772. The molecule has 1 unspecified atom stereocenters. The van der Waals surface area contributed by atoms with E-state index in [9.17, 15) is 14.7 Å². The van der Waals surface area contributed by atoms with Crippen molar-refractivity contribution in [2.45, 2.75) is 38.8 Å². The zero-order chi connectivity index (χ0) is 23.3. The minimum atomic E-state index is -0.697. The molecule has 1 saturated heterocycles. The summed E-state index contributed by atoms with van der Waals surface area (Å²) in [5.41, 5.74) is 1.35. The molecule has 1 atom stereocenters. The van der Waals surface area contributed by atoms with Crippen molar-refractivity contribution in [3.05, 3.63) is 60.2 Å². The Kier molecular flexibility index (Phi) is 7.28. The van der Waals surface area contributed by atoms with Crippen molar-refractivity contribution >= 4 is 17.7 Å². The molecule has 172 valence electrons. The molecule has 1 heterocycles. The third kappa shape index (κ3) is 6.15. The maximum atomic E-state index is 13.5. The summed E-state index contributed by atoms with van der Waals surface area (Å²) < 4.78 is 5.52. The van der Waals surface area contributed by atoms with Gasteiger partial charge in [-0.25, -0.2) is 4.79 Å². The lowest BCUT2D eigenvalue weighted by Gasteiger charge is -2.39. The fourth-order valence-corrected chi connectivity index (χ4v) is 3.74. The van der Waals surface area contributed by atoms with E-state index in [4.69, 9.17) is 4.74 Å². The third-order valence-corrected chi connectivity index (χ3v) is 5.51. The highest BCUT2D eigenvalue weighted by atomic mass is 16.6. The Bertz CT molecular complexity index is 901. The number of para-hydroxylation sites is 1. The van der Waals surface area contributed by atoms with Gasteiger partial charge in [-0.1, -0.05) is 30.3 Å². The standard InChI is InChI=1S/C25H33N3O4/c1-25(2,3)32-24(31)26(4)22(18-19-10-12-21(29)13-11-19)23(30)28-16-14-27(15-17-28)20-8-6-5-7-9-20/h5-13,22,29H,14-18H2,1-4H3. The van der Waals surface area contributed by atoms with Crippen molar-refractivity contribution in [3.63, 3.8) is 0 Å². The van der Waals surface area contributed by atoms with E-state index >= 15 is 0 Å². The van der Waals surface area contributed by atoms with Crippen LogP contribution in [-0.2, 0) is 16.0 Å². The van der Waals surface area contributed by atoms with Crippen LogP contribution in [0, 0.1) is 0 Å². The molecule has 0 aromatic heterocycles. The van der Waals surface area contributed by atoms with Crippen LogP contribution in [0.3, 0.4) is 0 Å². The van der Waals surface area contributed by atoms with Gasteiger partial charge in [-0.3, -0.25) is 9.69 Å². The predicted octanol–water partition coefficient (Wildman–Crippen LogP) is 3.52. The summed E-state index contributed by atoms with van der Waals surface area (Å²) in [5, 5.41) is 9.58. The Morgan fingerprint density at radius 2 is 1.59 bits per heavy atom. The highest BCUT2D eigenvalue weighted by Crippen LogP contribution is 2.20. The van der Waals surface area contributed by atoms with E-state index in [1.807, 2.05) is 23.1 Å². The smallest absolute Gasteiger partial charge is 0.410 e. The number of hydrogen-bond donors (Lipinski definition) is 1. The summed E-state index contributed by atoms with van der Waals surface area (Å²) in [6.45, 7) is 8.05. The second-order valence-corrected chi connectivity index (χ2v) is 9.13. The average Bonchev–Trinajstić information content (AvgIpc) is 2.77. The van der Waals surface area contributed by atoms with Crippen LogP contribution in [-0.4, -0.2) is 71.8 Å². The second-order valence-electron chi connectivity index (χ2n) is 9.13. The number of phenolic OH excluding ortho intramolecular Hbond substituents is 1. The summed E-state index contributed by atoms with van der Waals surface area (Å²) in [6, 6.07) is 16.2. The molecule has 2 aromatic carbocycles. The molecule has 7 nitrogen and oxygen atoms in total. The summed E-state index contributed by atoms with van der Waals surface area (Å²) in [7, 11) is 1.61. The molecule has 2 amide bonds. The predicted molar refractivity (Wildman–Crippen MR) is 125 cm³/mol. The SMILES string of the molecule is CN(C(=O)OC(C)(C)C)C(Cc1ccc(O)cc1)C(=O)N1CCN(c2ccccc2)CC1. The zero-order valence-corrected chi connectivity index (χ0v) is 19.3. The van der Waals surface area contributed by atoms with Gasteiger partial charge in [-0.15, -0.1) is 0 Å². The number of nitrogens with zero attached hydrogens (tertiary/aromatic N) is 3. The molecule has 1 aliphatic heterocycles. The molecule has 0 radical (unpaired) electrons. The van der Waals surface area contributed by atoms with Gasteiger partial charge in [-0.2, -0.15) is 0 Å². The molecule has 7 heteroatoms. The van der Waals surface area contributed by atoms with Gasteiger partial charge in [0, 0.05) is 45.3 Å². The summed E-state index contributed by atoms with van der Waals surface area (Å²) in [5.74, 6) is 0.0632. The Hall–Kier alpha value is -3.22. The van der Waals surface area contributed by atoms with E-state index in [0.717, 1.165) is 24.3 Å². The first-order valence-electron chi connectivity index (χ1n) is 11.0. The lowest BCUT2D eigenvalue weighted by molar-refractivity contribution is -0.136. The molecule has 1 fully saturated rings. The maximum absolute atomic E-state index is 13.5. The molecule has 0 saturated carbocycles. The van der Waals surface area contributed by atoms with Gasteiger partial charge in [0.05, 0.1) is 0 Å². The van der Waals surface area contributed by atoms with Crippen molar-refractivity contribution in [1.82, 2.24) is 9.80 Å². The number of ether oxygens (including phenoxy) is 1. The molecular formula is C25H33N3O4. The molecule has 0 aliphatic carbocycles. The number of anilines is 1. The zero-order valence-electron chi connectivity index (χ0n) is 19.3. The number of phenols is 1. The molecular weight excluding hydrogens is 406 g/mol. The molecule has 3 rings (SSSR count). The van der Waals surface area contributed by atoms with Gasteiger partial charge in [0.2, 0.25) is 5.91 Å². The first kappa shape index (κ1) is 23.4. The largest absolute Gasteiger partial charge is 0.508 e. The van der Waals surface area contributed by atoms with Crippen molar-refractivity contribution in [2.24, 2.45) is 0 Å². The van der Waals surface area contributed by atoms with Crippen molar-refractivity contribution in [1.29, 1.82) is 0 Å². The number of rotatable bonds is 5. The van der Waals surface area contributed by atoms with Crippen molar-refractivity contribution < 1.29 is 19.4 Å². The first-order chi connectivity index (χ1) is 15.1. The van der Waals surface area contributed by atoms with Crippen LogP contribution < -0.4 is 4.90 Å². The molecule has 1 N–H and O–H groups in total. The highest BCUT2D eigenvalue weighted by Gasteiger charge is 2.34. The molecule has 0 bridgehead atoms. The van der Waals surface area contributed by atoms with Gasteiger partial charge >= 0.3 is 6.09 Å². The number of carbonyl (C=O) groups excluding carboxylic acids is 2. The van der Waals surface area contributed by atoms with Gasteiger partial charge in [0.15, 0.2) is 0 Å². The Balaban J connectivity index is 1.73. The summed E-state index contributed by atoms with van der Waals surface area (Å²) >= 11 is 0. The normalized spacial score (nSPS) is 15.2. The van der Waals surface area contributed by atoms with Gasteiger partial charge in [-0.05, 0) is 50.6 Å². The summed E-state index contributed by atoms with van der Waals surface area (Å²) in [6.07, 6.45) is -0.189. The maximum Gasteiger partial charge on any atom is 0.410 e. The Morgan fingerprint density at radius 1 is 1.00 bits per heavy atom. The molecule has 32 heavy (non-hydrogen) atoms. The number of piperazine rings is 1. The molecule has 0 spiro atoms. The lowest BCUT2D eigenvalue weighted by atomic mass is 10.0. The van der Waals surface area contributed by atoms with Crippen LogP contribution in [0.1, 0.15) is 26.3 Å². The van der Waals surface area contributed by atoms with E-state index in [1.165, 1.54) is 4.90 Å². The van der Waals surface area contributed by atoms with E-state index in [-0.39, 0.29) is 11.7 Å². The van der Waals surface area contributed by atoms with Crippen LogP contribution in [0.5, 0.6) is 5.75 Å². The average molecular weight is 440 g/mol. The van der Waals surface area contributed by atoms with Crippen molar-refractivity contribution in [2.75, 3.05) is 38.1 Å². The van der Waals surface area contributed by atoms with E-state index in [2.05, 4.69) is 17.0 Å². The minimum absolute atomic E-state index is 0.0980. The lowest BCUT2D eigenvalue weighted by Crippen LogP contribution is -2.56. The van der Waals surface area contributed by atoms with E-state index in [0.29, 0.717) is 19.5 Å². The molecule has 1 aliphatic rings. The van der Waals surface area contributed by atoms with Crippen LogP contribution >= 0.6 is 0 Å². The molecule has 2 aromatic rings. The van der Waals surface area contributed by atoms with Gasteiger partial charge in [0.25, 0.3) is 0 Å². The Morgan fingerprint density at radius 3 is 2.16 bits per heavy atom. The van der Waals surface area contributed by atoms with E-state index < -0.39 is 17.7 Å². The number of likely N-dealkylation sites (N-methyl/N-ethyl adjacent to an activating group) is 1. The van der Waals surface area contributed by atoms with Gasteiger partial charge in [0.1, 0.15) is 17.4 Å². The number of aromatic hydroxyl groups is 1. The number of benzene rings is 2. The number of carbonyl (C=O) groups is 2. The first-order valence-corrected chi connectivity index (χ1v) is 11.0. The topological polar surface area (TPSA) is 73.3 Å². The minimum Gasteiger partial charge on any atom is -0.508 e. The van der Waals surface area contributed by atoms with Crippen LogP contribution in [0.15, 0.2) is 54.6 Å². The van der Waals surface area contributed by atoms with Crippen LogP contribution in [0.4, 0.5) is 10.5 Å². The van der Waals surface area contributed by atoms with Crippen LogP contribution in [0.25, 0.3) is 0 Å². The number of hydrogen-bond acceptors (Lipinski definition) is 5. The second kappa shape index (κ2) is 9.94. The number of amides is 2. The fourth-order valence-electron chi connectivity index (χ4n) is 3.74. The Labute approximate surface area is 190 Å². The van der Waals surface area contributed by atoms with E-state index in [1.54, 1.807) is 52.1 Å². The van der Waals surface area contributed by atoms with Crippen LogP contribution in [0.2, 0.25) is 0 Å². The van der Waals surface area contributed by atoms with Crippen molar-refractivity contribution in [3.8, 4) is 5.75 Å².